The molecule has 0 unspecified atom stereocenters. The minimum Gasteiger partial charge on any atom is -0.369 e. The molecular weight excluding hydrogens is 436 g/mol. The molecule has 5 aliphatic rings. The van der Waals surface area contributed by atoms with Gasteiger partial charge in [0, 0.05) is 31.9 Å². The second-order valence-electron chi connectivity index (χ2n) is 12.5. The molecule has 1 aliphatic heterocycles. The maximum absolute atomic E-state index is 2.57. The van der Waals surface area contributed by atoms with Gasteiger partial charge in [0.05, 0.1) is 5.41 Å². The number of benzene rings is 3. The molecule has 4 aliphatic carbocycles. The van der Waals surface area contributed by atoms with Gasteiger partial charge in [-0.3, -0.25) is 0 Å². The Bertz CT molecular complexity index is 1100. The van der Waals surface area contributed by atoms with E-state index in [1.54, 1.807) is 0 Å². The molecular formula is C34H40N2. The third kappa shape index (κ3) is 3.48. The molecule has 36 heavy (non-hydrogen) atoms. The summed E-state index contributed by atoms with van der Waals surface area (Å²) in [6.07, 6.45) is 8.55. The SMILES string of the molecule is CN1CCN(c2ccc(C(c3ccccc3)(c3ccccc3)C34CC5CC(CC(C5)C3)C4)cc2)CC1. The highest BCUT2D eigenvalue weighted by Gasteiger charge is 2.62. The van der Waals surface area contributed by atoms with Crippen molar-refractivity contribution in [1.29, 1.82) is 0 Å². The molecule has 2 nitrogen and oxygen atoms in total. The third-order valence-electron chi connectivity index (χ3n) is 10.4. The average Bonchev–Trinajstić information content (AvgIpc) is 2.90. The molecule has 1 saturated heterocycles. The summed E-state index contributed by atoms with van der Waals surface area (Å²) in [7, 11) is 2.24. The van der Waals surface area contributed by atoms with Gasteiger partial charge in [0.15, 0.2) is 0 Å². The van der Waals surface area contributed by atoms with E-state index >= 15 is 0 Å². The first-order valence-corrected chi connectivity index (χ1v) is 14.3. The van der Waals surface area contributed by atoms with Crippen molar-refractivity contribution in [3.05, 3.63) is 102 Å². The van der Waals surface area contributed by atoms with Gasteiger partial charge in [0.2, 0.25) is 0 Å². The van der Waals surface area contributed by atoms with Crippen molar-refractivity contribution in [2.24, 2.45) is 23.2 Å². The Labute approximate surface area is 217 Å². The summed E-state index contributed by atoms with van der Waals surface area (Å²) in [6, 6.07) is 33.1. The molecule has 1 heterocycles. The molecule has 0 spiro atoms. The molecule has 0 atom stereocenters. The Morgan fingerprint density at radius 1 is 0.583 bits per heavy atom. The largest absolute Gasteiger partial charge is 0.369 e. The molecule has 0 radical (unpaired) electrons. The fourth-order valence-electron chi connectivity index (χ4n) is 9.35. The van der Waals surface area contributed by atoms with E-state index in [0.29, 0.717) is 5.41 Å². The predicted octanol–water partition coefficient (Wildman–Crippen LogP) is 6.99. The van der Waals surface area contributed by atoms with Crippen LogP contribution in [0.3, 0.4) is 0 Å². The fraction of sp³-hybridized carbons (Fsp3) is 0.471. The first-order chi connectivity index (χ1) is 17.7. The Morgan fingerprint density at radius 2 is 1.03 bits per heavy atom. The lowest BCUT2D eigenvalue weighted by atomic mass is 9.39. The lowest BCUT2D eigenvalue weighted by Crippen LogP contribution is -2.57. The van der Waals surface area contributed by atoms with Crippen molar-refractivity contribution < 1.29 is 0 Å². The molecule has 8 rings (SSSR count). The molecule has 4 saturated carbocycles. The minimum absolute atomic E-state index is 0.105. The van der Waals surface area contributed by atoms with Crippen LogP contribution in [-0.4, -0.2) is 38.1 Å². The molecule has 0 aromatic heterocycles. The quantitative estimate of drug-likeness (QED) is 0.366. The van der Waals surface area contributed by atoms with Gasteiger partial charge in [-0.1, -0.05) is 72.8 Å². The lowest BCUT2D eigenvalue weighted by molar-refractivity contribution is -0.0808. The number of hydrogen-bond donors (Lipinski definition) is 0. The van der Waals surface area contributed by atoms with Gasteiger partial charge in [0.25, 0.3) is 0 Å². The smallest absolute Gasteiger partial charge is 0.0507 e. The van der Waals surface area contributed by atoms with Crippen LogP contribution in [-0.2, 0) is 5.41 Å². The van der Waals surface area contributed by atoms with Crippen LogP contribution in [0.1, 0.15) is 55.2 Å². The van der Waals surface area contributed by atoms with E-state index < -0.39 is 0 Å². The van der Waals surface area contributed by atoms with Crippen LogP contribution >= 0.6 is 0 Å². The van der Waals surface area contributed by atoms with Crippen LogP contribution in [0.2, 0.25) is 0 Å². The molecule has 0 N–H and O–H groups in total. The van der Waals surface area contributed by atoms with Gasteiger partial charge < -0.3 is 9.80 Å². The monoisotopic (exact) mass is 476 g/mol. The molecule has 186 valence electrons. The van der Waals surface area contributed by atoms with Crippen molar-refractivity contribution in [2.75, 3.05) is 38.1 Å². The summed E-state index contributed by atoms with van der Waals surface area (Å²) < 4.78 is 0. The summed E-state index contributed by atoms with van der Waals surface area (Å²) >= 11 is 0. The summed E-state index contributed by atoms with van der Waals surface area (Å²) in [4.78, 5) is 5.01. The van der Waals surface area contributed by atoms with Crippen molar-refractivity contribution in [3.8, 4) is 0 Å². The zero-order valence-corrected chi connectivity index (χ0v) is 21.8. The summed E-state index contributed by atoms with van der Waals surface area (Å²) in [5.41, 5.74) is 6.05. The Hall–Kier alpha value is -2.58. The van der Waals surface area contributed by atoms with Crippen molar-refractivity contribution >= 4 is 5.69 Å². The predicted molar refractivity (Wildman–Crippen MR) is 150 cm³/mol. The van der Waals surface area contributed by atoms with Crippen LogP contribution in [0, 0.1) is 23.2 Å². The first-order valence-electron chi connectivity index (χ1n) is 14.3. The molecule has 3 aromatic carbocycles. The highest BCUT2D eigenvalue weighted by Crippen LogP contribution is 2.69. The summed E-state index contributed by atoms with van der Waals surface area (Å²) in [5, 5.41) is 0. The Morgan fingerprint density at radius 3 is 1.50 bits per heavy atom. The van der Waals surface area contributed by atoms with E-state index in [2.05, 4.69) is 102 Å². The Kier molecular flexibility index (Phi) is 5.51. The molecule has 2 heteroatoms. The molecule has 3 aromatic rings. The maximum atomic E-state index is 2.57. The van der Waals surface area contributed by atoms with Crippen molar-refractivity contribution in [2.45, 2.75) is 43.9 Å². The first kappa shape index (κ1) is 22.6. The van der Waals surface area contributed by atoms with Crippen LogP contribution in [0.5, 0.6) is 0 Å². The van der Waals surface area contributed by atoms with Crippen LogP contribution in [0.4, 0.5) is 5.69 Å². The number of hydrogen-bond acceptors (Lipinski definition) is 2. The number of piperazine rings is 1. The highest BCUT2D eigenvalue weighted by molar-refractivity contribution is 5.57. The average molecular weight is 477 g/mol. The van der Waals surface area contributed by atoms with Gasteiger partial charge in [-0.25, -0.2) is 0 Å². The van der Waals surface area contributed by atoms with E-state index in [9.17, 15) is 0 Å². The van der Waals surface area contributed by atoms with E-state index in [0.717, 1.165) is 43.9 Å². The number of rotatable bonds is 5. The number of anilines is 1. The van der Waals surface area contributed by atoms with E-state index in [-0.39, 0.29) is 5.41 Å². The summed E-state index contributed by atoms with van der Waals surface area (Å²) in [5.74, 6) is 2.73. The topological polar surface area (TPSA) is 6.48 Å². The van der Waals surface area contributed by atoms with Crippen molar-refractivity contribution in [1.82, 2.24) is 4.90 Å². The minimum atomic E-state index is -0.105. The van der Waals surface area contributed by atoms with Gasteiger partial charge >= 0.3 is 0 Å². The van der Waals surface area contributed by atoms with E-state index in [1.807, 2.05) is 0 Å². The highest BCUT2D eigenvalue weighted by atomic mass is 15.2. The van der Waals surface area contributed by atoms with Gasteiger partial charge in [-0.05, 0) is 97.6 Å². The zero-order chi connectivity index (χ0) is 24.2. The zero-order valence-electron chi connectivity index (χ0n) is 21.8. The van der Waals surface area contributed by atoms with Gasteiger partial charge in [0.1, 0.15) is 0 Å². The van der Waals surface area contributed by atoms with Gasteiger partial charge in [-0.2, -0.15) is 0 Å². The maximum Gasteiger partial charge on any atom is 0.0507 e. The van der Waals surface area contributed by atoms with Crippen LogP contribution in [0.25, 0.3) is 0 Å². The molecule has 5 fully saturated rings. The van der Waals surface area contributed by atoms with Crippen molar-refractivity contribution in [3.63, 3.8) is 0 Å². The normalized spacial score (nSPS) is 30.0. The van der Waals surface area contributed by atoms with Crippen LogP contribution in [0.15, 0.2) is 84.9 Å². The second-order valence-corrected chi connectivity index (χ2v) is 12.5. The standard InChI is InChI=1S/C34H40N2/c1-35-16-18-36(19-17-35)32-14-12-31(13-15-32)34(29-8-4-2-5-9-29,30-10-6-3-7-11-30)33-23-26-20-27(24-33)22-28(21-26)25-33/h2-15,26-28H,16-25H2,1H3. The third-order valence-corrected chi connectivity index (χ3v) is 10.4. The number of likely N-dealkylation sites (N-methyl/N-ethyl adjacent to an activating group) is 1. The van der Waals surface area contributed by atoms with Gasteiger partial charge in [-0.15, -0.1) is 0 Å². The Balaban J connectivity index is 1.42. The summed E-state index contributed by atoms with van der Waals surface area (Å²) in [6.45, 7) is 4.53. The second kappa shape index (κ2) is 8.77. The molecule has 4 bridgehead atoms. The number of nitrogens with zero attached hydrogens (tertiary/aromatic N) is 2. The fourth-order valence-corrected chi connectivity index (χ4v) is 9.35. The van der Waals surface area contributed by atoms with E-state index in [1.165, 1.54) is 60.9 Å². The lowest BCUT2D eigenvalue weighted by Gasteiger charge is -2.64. The molecule has 0 amide bonds. The van der Waals surface area contributed by atoms with E-state index in [4.69, 9.17) is 0 Å². The van der Waals surface area contributed by atoms with Crippen LogP contribution < -0.4 is 4.90 Å².